The molecule has 6 heteroatoms. The van der Waals surface area contributed by atoms with Crippen LogP contribution in [0.15, 0.2) is 53.8 Å². The van der Waals surface area contributed by atoms with Crippen LogP contribution in [0.4, 0.5) is 0 Å². The van der Waals surface area contributed by atoms with Gasteiger partial charge in [0.05, 0.1) is 11.2 Å². The number of benzene rings is 1. The first-order valence-electron chi connectivity index (χ1n) is 9.92. The van der Waals surface area contributed by atoms with Crippen LogP contribution in [0.1, 0.15) is 12.8 Å². The Bertz CT molecular complexity index is 944. The van der Waals surface area contributed by atoms with Gasteiger partial charge < -0.3 is 4.57 Å². The first-order chi connectivity index (χ1) is 13.2. The van der Waals surface area contributed by atoms with E-state index in [1.165, 1.54) is 41.9 Å². The van der Waals surface area contributed by atoms with Crippen molar-refractivity contribution in [2.24, 2.45) is 18.9 Å². The number of aromatic nitrogens is 3. The lowest BCUT2D eigenvalue weighted by Crippen LogP contribution is -2.38. The Labute approximate surface area is 165 Å². The van der Waals surface area contributed by atoms with Gasteiger partial charge in [0.2, 0.25) is 6.71 Å². The SMILES string of the molecule is CB(c1nccn1C)C1C[C@@H]2CN(Sc3ccc4ncccc4c3)C[C@@H]2C1. The molecule has 1 aliphatic carbocycles. The third-order valence-corrected chi connectivity index (χ3v) is 7.56. The van der Waals surface area contributed by atoms with Crippen LogP contribution in [0.3, 0.4) is 0 Å². The highest BCUT2D eigenvalue weighted by Crippen LogP contribution is 2.48. The molecule has 4 nitrogen and oxygen atoms in total. The van der Waals surface area contributed by atoms with Gasteiger partial charge in [0.1, 0.15) is 0 Å². The summed E-state index contributed by atoms with van der Waals surface area (Å²) in [5.41, 5.74) is 2.32. The van der Waals surface area contributed by atoms with Gasteiger partial charge in [-0.1, -0.05) is 31.5 Å². The van der Waals surface area contributed by atoms with E-state index in [-0.39, 0.29) is 0 Å². The van der Waals surface area contributed by atoms with E-state index in [2.05, 4.69) is 63.2 Å². The first kappa shape index (κ1) is 17.3. The fourth-order valence-electron chi connectivity index (χ4n) is 5.07. The van der Waals surface area contributed by atoms with Gasteiger partial charge >= 0.3 is 0 Å². The summed E-state index contributed by atoms with van der Waals surface area (Å²) in [6, 6.07) is 10.8. The number of hydrogen-bond acceptors (Lipinski definition) is 4. The van der Waals surface area contributed by atoms with E-state index >= 15 is 0 Å². The molecule has 2 aliphatic rings. The minimum Gasteiger partial charge on any atom is -0.346 e. The minimum atomic E-state index is 0.560. The molecule has 0 amide bonds. The van der Waals surface area contributed by atoms with Crippen molar-refractivity contribution in [2.75, 3.05) is 13.1 Å². The second-order valence-electron chi connectivity index (χ2n) is 8.23. The predicted molar refractivity (Wildman–Crippen MR) is 114 cm³/mol. The number of fused-ring (bicyclic) bond motifs is 2. The number of nitrogens with zero attached hydrogens (tertiary/aromatic N) is 4. The van der Waals surface area contributed by atoms with E-state index < -0.39 is 0 Å². The predicted octanol–water partition coefficient (Wildman–Crippen LogP) is 3.72. The molecule has 1 saturated heterocycles. The summed E-state index contributed by atoms with van der Waals surface area (Å²) in [6.45, 7) is 5.35. The summed E-state index contributed by atoms with van der Waals surface area (Å²) < 4.78 is 4.77. The first-order valence-corrected chi connectivity index (χ1v) is 10.7. The summed E-state index contributed by atoms with van der Waals surface area (Å²) >= 11 is 1.92. The Hall–Kier alpha value is -1.79. The van der Waals surface area contributed by atoms with Crippen molar-refractivity contribution in [3.05, 3.63) is 48.9 Å². The number of aryl methyl sites for hydroxylation is 1. The summed E-state index contributed by atoms with van der Waals surface area (Å²) in [6.07, 6.45) is 8.55. The molecule has 0 spiro atoms. The Kier molecular flexibility index (Phi) is 4.48. The molecule has 0 N–H and O–H groups in total. The molecule has 2 aromatic heterocycles. The average molecular weight is 376 g/mol. The zero-order valence-corrected chi connectivity index (χ0v) is 16.8. The standard InChI is InChI=1S/C21H25BN4S/c1-22(21-24-8-9-25(21)2)18-10-16-13-26(14-17(16)11-18)27-19-5-6-20-15(12-19)4-3-7-23-20/h3-9,12,16-18H,10-11,13-14H2,1-2H3/t16-,17+,18?. The lowest BCUT2D eigenvalue weighted by molar-refractivity contribution is 0.494. The molecule has 0 radical (unpaired) electrons. The second kappa shape index (κ2) is 6.99. The molecule has 27 heavy (non-hydrogen) atoms. The fourth-order valence-corrected chi connectivity index (χ4v) is 6.21. The fraction of sp³-hybridized carbons (Fsp3) is 0.429. The van der Waals surface area contributed by atoms with Crippen LogP contribution in [0.2, 0.25) is 12.6 Å². The van der Waals surface area contributed by atoms with E-state index in [1.54, 1.807) is 0 Å². The summed E-state index contributed by atoms with van der Waals surface area (Å²) in [5, 5.41) is 1.23. The third-order valence-electron chi connectivity index (χ3n) is 6.54. The van der Waals surface area contributed by atoms with E-state index in [1.807, 2.05) is 30.4 Å². The maximum atomic E-state index is 4.59. The molecule has 5 rings (SSSR count). The molecule has 138 valence electrons. The van der Waals surface area contributed by atoms with Crippen molar-refractivity contribution in [2.45, 2.75) is 30.4 Å². The van der Waals surface area contributed by atoms with Crippen LogP contribution in [0.5, 0.6) is 0 Å². The lowest BCUT2D eigenvalue weighted by atomic mass is 9.41. The monoisotopic (exact) mass is 376 g/mol. The normalized spacial score (nSPS) is 25.2. The lowest BCUT2D eigenvalue weighted by Gasteiger charge is -2.20. The Morgan fingerprint density at radius 2 is 1.89 bits per heavy atom. The quantitative estimate of drug-likeness (QED) is 0.514. The molecule has 0 bridgehead atoms. The van der Waals surface area contributed by atoms with Crippen LogP contribution >= 0.6 is 11.9 Å². The molecule has 2 fully saturated rings. The molecule has 1 aliphatic heterocycles. The number of imidazole rings is 1. The highest BCUT2D eigenvalue weighted by Gasteiger charge is 2.44. The highest BCUT2D eigenvalue weighted by molar-refractivity contribution is 7.97. The van der Waals surface area contributed by atoms with Crippen LogP contribution in [-0.2, 0) is 7.05 Å². The zero-order valence-electron chi connectivity index (χ0n) is 16.0. The second-order valence-corrected chi connectivity index (χ2v) is 9.40. The van der Waals surface area contributed by atoms with Crippen LogP contribution in [0, 0.1) is 11.8 Å². The van der Waals surface area contributed by atoms with Gasteiger partial charge in [0, 0.05) is 49.0 Å². The summed E-state index contributed by atoms with van der Waals surface area (Å²) in [5.74, 6) is 2.46. The van der Waals surface area contributed by atoms with Crippen LogP contribution in [-0.4, -0.2) is 38.6 Å². The van der Waals surface area contributed by atoms with E-state index in [4.69, 9.17) is 0 Å². The number of pyridine rings is 1. The average Bonchev–Trinajstić information content (AvgIpc) is 3.36. The molecule has 1 aromatic carbocycles. The van der Waals surface area contributed by atoms with Gasteiger partial charge in [-0.25, -0.2) is 4.31 Å². The highest BCUT2D eigenvalue weighted by atomic mass is 32.2. The largest absolute Gasteiger partial charge is 0.346 e. The molecular weight excluding hydrogens is 351 g/mol. The smallest absolute Gasteiger partial charge is 0.222 e. The van der Waals surface area contributed by atoms with Crippen molar-refractivity contribution in [3.8, 4) is 0 Å². The van der Waals surface area contributed by atoms with E-state index in [9.17, 15) is 0 Å². The van der Waals surface area contributed by atoms with Crippen LogP contribution in [0.25, 0.3) is 10.9 Å². The molecule has 3 heterocycles. The van der Waals surface area contributed by atoms with Crippen LogP contribution < -0.4 is 5.72 Å². The molecular formula is C21H25BN4S. The van der Waals surface area contributed by atoms with Crippen molar-refractivity contribution in [1.29, 1.82) is 0 Å². The van der Waals surface area contributed by atoms with Crippen molar-refractivity contribution < 1.29 is 0 Å². The van der Waals surface area contributed by atoms with Gasteiger partial charge in [-0.15, -0.1) is 0 Å². The Balaban J connectivity index is 1.22. The number of rotatable bonds is 4. The molecule has 3 aromatic rings. The Morgan fingerprint density at radius 1 is 1.07 bits per heavy atom. The Morgan fingerprint density at radius 3 is 2.63 bits per heavy atom. The van der Waals surface area contributed by atoms with Gasteiger partial charge in [0.25, 0.3) is 0 Å². The summed E-state index contributed by atoms with van der Waals surface area (Å²) in [7, 11) is 2.12. The molecule has 3 atom stereocenters. The maximum absolute atomic E-state index is 4.59. The molecule has 1 unspecified atom stereocenters. The minimum absolute atomic E-state index is 0.560. The van der Waals surface area contributed by atoms with Gasteiger partial charge in [-0.3, -0.25) is 9.97 Å². The molecule has 1 saturated carbocycles. The van der Waals surface area contributed by atoms with Crippen molar-refractivity contribution in [1.82, 2.24) is 18.8 Å². The van der Waals surface area contributed by atoms with Gasteiger partial charge in [-0.05, 0) is 48.0 Å². The van der Waals surface area contributed by atoms with Gasteiger partial charge in [-0.2, -0.15) is 0 Å². The van der Waals surface area contributed by atoms with E-state index in [0.29, 0.717) is 6.71 Å². The van der Waals surface area contributed by atoms with Crippen molar-refractivity contribution >= 4 is 35.3 Å². The van der Waals surface area contributed by atoms with Gasteiger partial charge in [0.15, 0.2) is 0 Å². The zero-order chi connectivity index (χ0) is 18.4. The number of hydrogen-bond donors (Lipinski definition) is 0. The van der Waals surface area contributed by atoms with E-state index in [0.717, 1.165) is 23.2 Å². The third kappa shape index (κ3) is 3.30. The summed E-state index contributed by atoms with van der Waals surface area (Å²) in [4.78, 5) is 10.3. The maximum Gasteiger partial charge on any atom is 0.222 e. The van der Waals surface area contributed by atoms with Crippen molar-refractivity contribution in [3.63, 3.8) is 0 Å². The topological polar surface area (TPSA) is 34.0 Å².